The Balaban J connectivity index is 0.971. The van der Waals surface area contributed by atoms with Gasteiger partial charge in [-0.3, -0.25) is 0 Å². The first-order valence-electron chi connectivity index (χ1n) is 18.5. The molecule has 2 heterocycles. The maximum atomic E-state index is 2.43. The minimum absolute atomic E-state index is 1.24. The van der Waals surface area contributed by atoms with Gasteiger partial charge in [-0.15, -0.1) is 22.7 Å². The third-order valence-electron chi connectivity index (χ3n) is 11.4. The van der Waals surface area contributed by atoms with Gasteiger partial charge in [0.2, 0.25) is 0 Å². The molecule has 12 aromatic rings. The zero-order valence-electron chi connectivity index (χ0n) is 29.1. The van der Waals surface area contributed by atoms with Gasteiger partial charge >= 0.3 is 0 Å². The van der Waals surface area contributed by atoms with Crippen LogP contribution in [-0.4, -0.2) is 0 Å². The fourth-order valence-electron chi connectivity index (χ4n) is 8.93. The number of hydrogen-bond acceptors (Lipinski definition) is 2. The molecular weight excluding hydrogens is 689 g/mol. The lowest BCUT2D eigenvalue weighted by Crippen LogP contribution is -1.90. The van der Waals surface area contributed by atoms with E-state index in [4.69, 9.17) is 0 Å². The van der Waals surface area contributed by atoms with Crippen LogP contribution in [0.15, 0.2) is 182 Å². The van der Waals surface area contributed by atoms with Crippen LogP contribution in [0, 0.1) is 0 Å². The number of fused-ring (bicyclic) bond motifs is 11. The van der Waals surface area contributed by atoms with Crippen molar-refractivity contribution in [1.82, 2.24) is 0 Å². The zero-order valence-corrected chi connectivity index (χ0v) is 30.8. The quantitative estimate of drug-likeness (QED) is 0.160. The van der Waals surface area contributed by atoms with E-state index in [1.807, 2.05) is 22.7 Å². The van der Waals surface area contributed by atoms with Crippen LogP contribution in [0.1, 0.15) is 0 Å². The average Bonchev–Trinajstić information content (AvgIpc) is 3.79. The topological polar surface area (TPSA) is 0 Å². The minimum Gasteiger partial charge on any atom is -0.135 e. The Hall–Kier alpha value is -6.32. The predicted molar refractivity (Wildman–Crippen MR) is 239 cm³/mol. The molecule has 0 nitrogen and oxygen atoms in total. The minimum atomic E-state index is 1.24. The molecule has 250 valence electrons. The summed E-state index contributed by atoms with van der Waals surface area (Å²) in [6.07, 6.45) is 0. The molecule has 0 spiro atoms. The molecule has 0 unspecified atom stereocenters. The van der Waals surface area contributed by atoms with E-state index in [-0.39, 0.29) is 0 Å². The summed E-state index contributed by atoms with van der Waals surface area (Å²) in [5, 5.41) is 15.7. The van der Waals surface area contributed by atoms with Gasteiger partial charge in [-0.05, 0) is 119 Å². The maximum absolute atomic E-state index is 2.43. The van der Waals surface area contributed by atoms with Crippen molar-refractivity contribution in [3.63, 3.8) is 0 Å². The van der Waals surface area contributed by atoms with Crippen LogP contribution in [0.3, 0.4) is 0 Å². The lowest BCUT2D eigenvalue weighted by atomic mass is 9.85. The molecule has 0 fully saturated rings. The Labute approximate surface area is 319 Å². The fourth-order valence-corrected chi connectivity index (χ4v) is 11.2. The fraction of sp³-hybridized carbons (Fsp3) is 0. The van der Waals surface area contributed by atoms with Crippen LogP contribution in [0.2, 0.25) is 0 Å². The second-order valence-electron chi connectivity index (χ2n) is 14.4. The summed E-state index contributed by atoms with van der Waals surface area (Å²) in [7, 11) is 0. The summed E-state index contributed by atoms with van der Waals surface area (Å²) in [5.41, 5.74) is 7.59. The highest BCUT2D eigenvalue weighted by Gasteiger charge is 2.17. The van der Waals surface area contributed by atoms with E-state index in [1.165, 1.54) is 117 Å². The molecule has 0 aliphatic carbocycles. The van der Waals surface area contributed by atoms with Crippen molar-refractivity contribution >= 4 is 106 Å². The lowest BCUT2D eigenvalue weighted by molar-refractivity contribution is 1.66. The molecule has 2 aromatic heterocycles. The summed E-state index contributed by atoms with van der Waals surface area (Å²) in [6.45, 7) is 0. The van der Waals surface area contributed by atoms with Gasteiger partial charge in [0.25, 0.3) is 0 Å². The van der Waals surface area contributed by atoms with Crippen molar-refractivity contribution in [1.29, 1.82) is 0 Å². The molecule has 10 aromatic carbocycles. The molecule has 0 radical (unpaired) electrons. The highest BCUT2D eigenvalue weighted by Crippen LogP contribution is 2.46. The standard InChI is InChI=1S/C52H30S2/c1-2-10-31(11-3-1)50-39-13-4-6-15-41(39)51(42-16-7-5-14-40(42)50)37-21-20-32-26-33(18-19-34(32)27-37)35-22-24-43-48(29-35)54-47-25-23-36-28-45-38-12-8-9-17-46(38)53-49(45)30-44(36)52(43)47/h1-30H. The van der Waals surface area contributed by atoms with Crippen LogP contribution < -0.4 is 0 Å². The molecule has 0 amide bonds. The molecular formula is C52H30S2. The lowest BCUT2D eigenvalue weighted by Gasteiger charge is -2.18. The van der Waals surface area contributed by atoms with E-state index in [0.29, 0.717) is 0 Å². The summed E-state index contributed by atoms with van der Waals surface area (Å²) < 4.78 is 5.39. The molecule has 0 saturated heterocycles. The largest absolute Gasteiger partial charge is 0.135 e. The van der Waals surface area contributed by atoms with Gasteiger partial charge in [0, 0.05) is 40.3 Å². The Bertz CT molecular complexity index is 3430. The SMILES string of the molecule is c1ccc(-c2c3ccccc3c(-c3ccc4cc(-c5ccc6c(c5)sc5ccc7cc8c(cc7c56)sc5ccccc58)ccc4c3)c3ccccc23)cc1. The van der Waals surface area contributed by atoms with Gasteiger partial charge in [-0.2, -0.15) is 0 Å². The van der Waals surface area contributed by atoms with Crippen molar-refractivity contribution < 1.29 is 0 Å². The van der Waals surface area contributed by atoms with E-state index in [1.54, 1.807) is 0 Å². The summed E-state index contributed by atoms with van der Waals surface area (Å²) in [5.74, 6) is 0. The van der Waals surface area contributed by atoms with Crippen LogP contribution in [0.5, 0.6) is 0 Å². The first-order valence-corrected chi connectivity index (χ1v) is 20.1. The van der Waals surface area contributed by atoms with Crippen LogP contribution in [-0.2, 0) is 0 Å². The summed E-state index contributed by atoms with van der Waals surface area (Å²) in [4.78, 5) is 0. The molecule has 0 saturated carbocycles. The third-order valence-corrected chi connectivity index (χ3v) is 13.7. The second-order valence-corrected chi connectivity index (χ2v) is 16.6. The number of benzene rings is 10. The Morgan fingerprint density at radius 3 is 1.52 bits per heavy atom. The van der Waals surface area contributed by atoms with Gasteiger partial charge < -0.3 is 0 Å². The first-order chi connectivity index (χ1) is 26.7. The van der Waals surface area contributed by atoms with Crippen molar-refractivity contribution in [2.24, 2.45) is 0 Å². The first kappa shape index (κ1) is 30.2. The Morgan fingerprint density at radius 1 is 0.241 bits per heavy atom. The predicted octanol–water partition coefficient (Wildman–Crippen LogP) is 16.0. The Morgan fingerprint density at radius 2 is 0.778 bits per heavy atom. The van der Waals surface area contributed by atoms with E-state index in [2.05, 4.69) is 182 Å². The average molecular weight is 719 g/mol. The van der Waals surface area contributed by atoms with Crippen LogP contribution in [0.25, 0.3) is 117 Å². The van der Waals surface area contributed by atoms with Crippen LogP contribution >= 0.6 is 22.7 Å². The number of rotatable bonds is 3. The van der Waals surface area contributed by atoms with Gasteiger partial charge in [0.05, 0.1) is 0 Å². The number of hydrogen-bond donors (Lipinski definition) is 0. The monoisotopic (exact) mass is 718 g/mol. The van der Waals surface area contributed by atoms with Crippen molar-refractivity contribution in [3.8, 4) is 33.4 Å². The molecule has 12 rings (SSSR count). The Kier molecular flexibility index (Phi) is 6.48. The highest BCUT2D eigenvalue weighted by molar-refractivity contribution is 7.26. The van der Waals surface area contributed by atoms with E-state index < -0.39 is 0 Å². The van der Waals surface area contributed by atoms with Crippen molar-refractivity contribution in [2.45, 2.75) is 0 Å². The molecule has 0 aliphatic rings. The molecule has 2 heteroatoms. The molecule has 0 aliphatic heterocycles. The second kappa shape index (κ2) is 11.6. The maximum Gasteiger partial charge on any atom is 0.0362 e. The van der Waals surface area contributed by atoms with Crippen molar-refractivity contribution in [3.05, 3.63) is 182 Å². The summed E-state index contributed by atoms with van der Waals surface area (Å²) >= 11 is 3.80. The van der Waals surface area contributed by atoms with Gasteiger partial charge in [0.15, 0.2) is 0 Å². The van der Waals surface area contributed by atoms with Gasteiger partial charge in [-0.25, -0.2) is 0 Å². The summed E-state index contributed by atoms with van der Waals surface area (Å²) in [6, 6.07) is 67.8. The van der Waals surface area contributed by atoms with Crippen molar-refractivity contribution in [2.75, 3.05) is 0 Å². The third kappa shape index (κ3) is 4.48. The smallest absolute Gasteiger partial charge is 0.0362 e. The highest BCUT2D eigenvalue weighted by atomic mass is 32.1. The normalized spacial score (nSPS) is 12.1. The van der Waals surface area contributed by atoms with E-state index >= 15 is 0 Å². The van der Waals surface area contributed by atoms with Crippen LogP contribution in [0.4, 0.5) is 0 Å². The van der Waals surface area contributed by atoms with E-state index in [0.717, 1.165) is 0 Å². The molecule has 0 N–H and O–H groups in total. The molecule has 54 heavy (non-hydrogen) atoms. The van der Waals surface area contributed by atoms with E-state index in [9.17, 15) is 0 Å². The zero-order chi connectivity index (χ0) is 35.3. The molecule has 0 bridgehead atoms. The van der Waals surface area contributed by atoms with Gasteiger partial charge in [0.1, 0.15) is 0 Å². The molecule has 0 atom stereocenters. The van der Waals surface area contributed by atoms with Gasteiger partial charge in [-0.1, -0.05) is 140 Å². The number of thiophene rings is 2.